The predicted molar refractivity (Wildman–Crippen MR) is 113 cm³/mol. The topological polar surface area (TPSA) is 56.7 Å². The first-order valence-corrected chi connectivity index (χ1v) is 10.9. The summed E-state index contributed by atoms with van der Waals surface area (Å²) in [5.41, 5.74) is 2.20. The van der Waals surface area contributed by atoms with Crippen LogP contribution < -0.4 is 15.5 Å². The van der Waals surface area contributed by atoms with E-state index >= 15 is 0 Å². The van der Waals surface area contributed by atoms with Crippen LogP contribution in [0.4, 0.5) is 18.9 Å². The minimum absolute atomic E-state index is 0.0841. The number of rotatable bonds is 6. The highest BCUT2D eigenvalue weighted by Gasteiger charge is 2.42. The minimum Gasteiger partial charge on any atom is -0.357 e. The highest BCUT2D eigenvalue weighted by molar-refractivity contribution is 5.95. The van der Waals surface area contributed by atoms with Crippen molar-refractivity contribution in [3.8, 4) is 0 Å². The minimum atomic E-state index is -4.13. The molecule has 30 heavy (non-hydrogen) atoms. The molecule has 166 valence electrons. The molecule has 1 heterocycles. The molecular formula is C22H31F3N4O. The lowest BCUT2D eigenvalue weighted by atomic mass is 9.85. The van der Waals surface area contributed by atoms with E-state index in [9.17, 15) is 18.0 Å². The Hall–Kier alpha value is -2.25. The zero-order valence-electron chi connectivity index (χ0n) is 17.5. The Labute approximate surface area is 176 Å². The third kappa shape index (κ3) is 5.89. The van der Waals surface area contributed by atoms with E-state index in [1.165, 1.54) is 5.56 Å². The Morgan fingerprint density at radius 1 is 1.27 bits per heavy atom. The maximum atomic E-state index is 13.0. The normalized spacial score (nSPS) is 22.0. The molecule has 1 aliphatic heterocycles. The smallest absolute Gasteiger partial charge is 0.357 e. The Kier molecular flexibility index (Phi) is 7.61. The molecule has 2 unspecified atom stereocenters. The van der Waals surface area contributed by atoms with E-state index in [0.29, 0.717) is 51.3 Å². The van der Waals surface area contributed by atoms with Crippen LogP contribution in [0.1, 0.15) is 51.0 Å². The van der Waals surface area contributed by atoms with Gasteiger partial charge in [-0.25, -0.2) is 0 Å². The predicted octanol–water partition coefficient (Wildman–Crippen LogP) is 4.03. The number of anilines is 1. The van der Waals surface area contributed by atoms with Crippen molar-refractivity contribution >= 4 is 17.6 Å². The molecule has 2 atom stereocenters. The second-order valence-electron chi connectivity index (χ2n) is 8.03. The van der Waals surface area contributed by atoms with Gasteiger partial charge in [-0.3, -0.25) is 9.79 Å². The third-order valence-corrected chi connectivity index (χ3v) is 5.83. The van der Waals surface area contributed by atoms with Crippen LogP contribution in [0.3, 0.4) is 0 Å². The molecule has 3 rings (SSSR count). The van der Waals surface area contributed by atoms with Crippen LogP contribution in [0, 0.1) is 5.92 Å². The van der Waals surface area contributed by atoms with Gasteiger partial charge < -0.3 is 15.5 Å². The molecule has 2 aliphatic rings. The van der Waals surface area contributed by atoms with Crippen molar-refractivity contribution in [2.75, 3.05) is 24.5 Å². The Bertz CT molecular complexity index is 750. The highest BCUT2D eigenvalue weighted by atomic mass is 19.4. The highest BCUT2D eigenvalue weighted by Crippen LogP contribution is 2.37. The van der Waals surface area contributed by atoms with Crippen LogP contribution in [-0.2, 0) is 11.2 Å². The van der Waals surface area contributed by atoms with Crippen molar-refractivity contribution in [3.05, 3.63) is 29.8 Å². The second-order valence-corrected chi connectivity index (χ2v) is 8.03. The molecule has 1 fully saturated rings. The van der Waals surface area contributed by atoms with Crippen LogP contribution in [0.2, 0.25) is 0 Å². The number of hydrogen-bond donors (Lipinski definition) is 2. The number of carbonyl (C=O) groups is 1. The number of nitrogens with zero attached hydrogens (tertiary/aromatic N) is 2. The maximum Gasteiger partial charge on any atom is 0.391 e. The molecule has 1 aromatic rings. The monoisotopic (exact) mass is 424 g/mol. The summed E-state index contributed by atoms with van der Waals surface area (Å²) >= 11 is 0. The standard InChI is InChI=1S/C22H31F3N4O/c1-2-26-21(28-18-9-5-8-17(15-18)22(23,24)25)27-13-6-11-20(30)29-14-12-16-7-3-4-10-19(16)29/h3-4,7,10,17-18H,2,5-6,8-9,11-15H2,1H3,(H2,26,27,28). The first-order valence-electron chi connectivity index (χ1n) is 10.9. The summed E-state index contributed by atoms with van der Waals surface area (Å²) < 4.78 is 39.1. The molecule has 2 N–H and O–H groups in total. The molecule has 8 heteroatoms. The van der Waals surface area contributed by atoms with Gasteiger partial charge >= 0.3 is 6.18 Å². The molecule has 0 spiro atoms. The van der Waals surface area contributed by atoms with E-state index in [1.54, 1.807) is 0 Å². The van der Waals surface area contributed by atoms with Gasteiger partial charge in [0.25, 0.3) is 0 Å². The Balaban J connectivity index is 1.47. The lowest BCUT2D eigenvalue weighted by Gasteiger charge is -2.31. The number of fused-ring (bicyclic) bond motifs is 1. The summed E-state index contributed by atoms with van der Waals surface area (Å²) in [4.78, 5) is 18.9. The lowest BCUT2D eigenvalue weighted by Crippen LogP contribution is -2.46. The van der Waals surface area contributed by atoms with Crippen LogP contribution in [0.25, 0.3) is 0 Å². The number of benzene rings is 1. The molecule has 1 aliphatic carbocycles. The molecule has 0 aromatic heterocycles. The van der Waals surface area contributed by atoms with Crippen molar-refractivity contribution in [1.29, 1.82) is 0 Å². The van der Waals surface area contributed by atoms with E-state index in [1.807, 2.05) is 30.0 Å². The Morgan fingerprint density at radius 2 is 2.07 bits per heavy atom. The molecule has 1 aromatic carbocycles. The van der Waals surface area contributed by atoms with Gasteiger partial charge in [-0.05, 0) is 50.7 Å². The van der Waals surface area contributed by atoms with Crippen molar-refractivity contribution in [2.45, 2.75) is 64.1 Å². The van der Waals surface area contributed by atoms with Crippen LogP contribution in [0.5, 0.6) is 0 Å². The van der Waals surface area contributed by atoms with Gasteiger partial charge in [-0.2, -0.15) is 13.2 Å². The summed E-state index contributed by atoms with van der Waals surface area (Å²) in [5.74, 6) is -0.620. The zero-order chi connectivity index (χ0) is 21.6. The van der Waals surface area contributed by atoms with Crippen molar-refractivity contribution < 1.29 is 18.0 Å². The van der Waals surface area contributed by atoms with E-state index in [4.69, 9.17) is 0 Å². The fourth-order valence-corrected chi connectivity index (χ4v) is 4.28. The number of hydrogen-bond acceptors (Lipinski definition) is 2. The number of halogens is 3. The molecule has 0 bridgehead atoms. The number of alkyl halides is 3. The van der Waals surface area contributed by atoms with Gasteiger partial charge in [0.05, 0.1) is 5.92 Å². The van der Waals surface area contributed by atoms with Crippen LogP contribution >= 0.6 is 0 Å². The van der Waals surface area contributed by atoms with E-state index in [2.05, 4.69) is 21.7 Å². The first kappa shape index (κ1) is 22.4. The van der Waals surface area contributed by atoms with Crippen molar-refractivity contribution in [2.24, 2.45) is 10.9 Å². The third-order valence-electron chi connectivity index (χ3n) is 5.83. The SMILES string of the molecule is CCNC(=NCCCC(=O)N1CCc2ccccc21)NC1CCCC(C(F)(F)F)C1. The Morgan fingerprint density at radius 3 is 2.83 bits per heavy atom. The quantitative estimate of drug-likeness (QED) is 0.412. The van der Waals surface area contributed by atoms with Gasteiger partial charge in [-0.15, -0.1) is 0 Å². The van der Waals surface area contributed by atoms with E-state index in [-0.39, 0.29) is 24.8 Å². The summed E-state index contributed by atoms with van der Waals surface area (Å²) in [6, 6.07) is 7.73. The van der Waals surface area contributed by atoms with Crippen LogP contribution in [0.15, 0.2) is 29.3 Å². The van der Waals surface area contributed by atoms with E-state index in [0.717, 1.165) is 12.1 Å². The number of carbonyl (C=O) groups excluding carboxylic acids is 1. The molecule has 1 saturated carbocycles. The fourth-order valence-electron chi connectivity index (χ4n) is 4.28. The molecular weight excluding hydrogens is 393 g/mol. The molecule has 1 amide bonds. The molecule has 0 saturated heterocycles. The second kappa shape index (κ2) is 10.2. The maximum absolute atomic E-state index is 13.0. The van der Waals surface area contributed by atoms with Gasteiger partial charge in [0.15, 0.2) is 5.96 Å². The number of aliphatic imine (C=N–C) groups is 1. The average molecular weight is 425 g/mol. The summed E-state index contributed by atoms with van der Waals surface area (Å²) in [6.45, 7) is 3.72. The number of guanidine groups is 1. The van der Waals surface area contributed by atoms with Crippen molar-refractivity contribution in [3.63, 3.8) is 0 Å². The first-order chi connectivity index (χ1) is 14.4. The molecule has 5 nitrogen and oxygen atoms in total. The van der Waals surface area contributed by atoms with E-state index < -0.39 is 12.1 Å². The largest absolute Gasteiger partial charge is 0.391 e. The van der Waals surface area contributed by atoms with Crippen molar-refractivity contribution in [1.82, 2.24) is 10.6 Å². The van der Waals surface area contributed by atoms with Gasteiger partial charge in [0.2, 0.25) is 5.91 Å². The summed E-state index contributed by atoms with van der Waals surface area (Å²) in [5, 5.41) is 6.26. The lowest BCUT2D eigenvalue weighted by molar-refractivity contribution is -0.183. The van der Waals surface area contributed by atoms with Gasteiger partial charge in [0, 0.05) is 37.8 Å². The van der Waals surface area contributed by atoms with Gasteiger partial charge in [-0.1, -0.05) is 24.6 Å². The summed E-state index contributed by atoms with van der Waals surface area (Å²) in [7, 11) is 0. The number of amides is 1. The fraction of sp³-hybridized carbons (Fsp3) is 0.636. The summed E-state index contributed by atoms with van der Waals surface area (Å²) in [6.07, 6.45) is -0.686. The molecule has 0 radical (unpaired) electrons. The zero-order valence-corrected chi connectivity index (χ0v) is 17.5. The average Bonchev–Trinajstić information content (AvgIpc) is 3.15. The van der Waals surface area contributed by atoms with Gasteiger partial charge in [0.1, 0.15) is 0 Å². The number of para-hydroxylation sites is 1. The number of nitrogens with one attached hydrogen (secondary N) is 2. The van der Waals surface area contributed by atoms with Crippen LogP contribution in [-0.4, -0.2) is 43.7 Å².